The van der Waals surface area contributed by atoms with Crippen LogP contribution >= 0.6 is 0 Å². The molecule has 0 radical (unpaired) electrons. The molecule has 0 unspecified atom stereocenters. The molecule has 2 aliphatic rings. The number of fused-ring (bicyclic) bond motifs is 1. The molecule has 11 heteroatoms. The van der Waals surface area contributed by atoms with Gasteiger partial charge in [-0.15, -0.1) is 0 Å². The lowest BCUT2D eigenvalue weighted by Gasteiger charge is -2.34. The van der Waals surface area contributed by atoms with Crippen molar-refractivity contribution >= 4 is 50.0 Å². The number of hydrogen-bond donors (Lipinski definition) is 3. The quantitative estimate of drug-likeness (QED) is 0.178. The summed E-state index contributed by atoms with van der Waals surface area (Å²) in [6.45, 7) is 4.05. The molecule has 45 heavy (non-hydrogen) atoms. The molecule has 10 nitrogen and oxygen atoms in total. The Hall–Kier alpha value is -5.13. The molecule has 3 N–H and O–H groups in total. The van der Waals surface area contributed by atoms with Crippen molar-refractivity contribution < 1.29 is 22.7 Å². The SMILES string of the molecule is COc1cccc(S(=O)(=O)Nc2cccc(C(=O)c3ccc4c(c3)NC(=O)/C4=C/Nc3ccc(N4CCN(C)CC4)cc3)c2)c1. The van der Waals surface area contributed by atoms with Crippen molar-refractivity contribution in [1.82, 2.24) is 4.90 Å². The Kier molecular flexibility index (Phi) is 8.29. The van der Waals surface area contributed by atoms with Crippen LogP contribution in [0.25, 0.3) is 5.57 Å². The zero-order chi connectivity index (χ0) is 31.6. The van der Waals surface area contributed by atoms with Gasteiger partial charge < -0.3 is 25.2 Å². The lowest BCUT2D eigenvalue weighted by Crippen LogP contribution is -2.44. The number of sulfonamides is 1. The molecule has 1 fully saturated rings. The number of nitrogens with one attached hydrogen (secondary N) is 3. The predicted molar refractivity (Wildman–Crippen MR) is 177 cm³/mol. The van der Waals surface area contributed by atoms with Crippen molar-refractivity contribution in [3.63, 3.8) is 0 Å². The summed E-state index contributed by atoms with van der Waals surface area (Å²) in [5.41, 5.74) is 4.58. The predicted octanol–water partition coefficient (Wildman–Crippen LogP) is 4.88. The Morgan fingerprint density at radius 3 is 2.36 bits per heavy atom. The Bertz CT molecular complexity index is 1900. The average Bonchev–Trinajstić information content (AvgIpc) is 3.37. The molecule has 0 aromatic heterocycles. The lowest BCUT2D eigenvalue weighted by molar-refractivity contribution is -0.110. The highest BCUT2D eigenvalue weighted by molar-refractivity contribution is 7.92. The molecule has 0 bridgehead atoms. The van der Waals surface area contributed by atoms with Crippen LogP contribution < -0.4 is 25.0 Å². The fourth-order valence-electron chi connectivity index (χ4n) is 5.34. The Labute approximate surface area is 262 Å². The summed E-state index contributed by atoms with van der Waals surface area (Å²) in [6.07, 6.45) is 1.67. The number of rotatable bonds is 9. The molecular formula is C34H33N5O5S. The first kappa shape index (κ1) is 29.9. The Balaban J connectivity index is 1.15. The number of carbonyl (C=O) groups is 2. The second-order valence-electron chi connectivity index (χ2n) is 10.9. The van der Waals surface area contributed by atoms with Crippen molar-refractivity contribution in [2.24, 2.45) is 0 Å². The number of anilines is 4. The van der Waals surface area contributed by atoms with E-state index in [1.165, 1.54) is 31.0 Å². The molecule has 4 aromatic carbocycles. The standard InChI is InChI=1S/C34H33N5O5S/c1-38-15-17-39(18-16-38)27-12-10-25(11-13-27)35-22-31-30-14-9-24(20-32(30)36-34(31)41)33(40)23-5-3-6-26(19-23)37-45(42,43)29-8-4-7-28(21-29)44-2/h3-14,19-22,35,37H,15-18H2,1-2H3,(H,36,41)/b31-22+. The van der Waals surface area contributed by atoms with E-state index >= 15 is 0 Å². The van der Waals surface area contributed by atoms with Gasteiger partial charge in [-0.3, -0.25) is 14.3 Å². The highest BCUT2D eigenvalue weighted by atomic mass is 32.2. The van der Waals surface area contributed by atoms with Crippen LogP contribution in [-0.4, -0.2) is 65.3 Å². The molecule has 0 saturated carbocycles. The number of ketones is 1. The van der Waals surface area contributed by atoms with Crippen LogP contribution in [0.4, 0.5) is 22.7 Å². The molecule has 0 aliphatic carbocycles. The van der Waals surface area contributed by atoms with Crippen molar-refractivity contribution in [2.75, 3.05) is 60.6 Å². The van der Waals surface area contributed by atoms with Crippen LogP contribution in [-0.2, 0) is 14.8 Å². The maximum absolute atomic E-state index is 13.4. The smallest absolute Gasteiger partial charge is 0.262 e. The van der Waals surface area contributed by atoms with Crippen molar-refractivity contribution in [1.29, 1.82) is 0 Å². The van der Waals surface area contributed by atoms with Gasteiger partial charge in [0.2, 0.25) is 0 Å². The van der Waals surface area contributed by atoms with E-state index in [0.29, 0.717) is 33.7 Å². The average molecular weight is 624 g/mol. The van der Waals surface area contributed by atoms with Crippen LogP contribution in [0.15, 0.2) is 102 Å². The van der Waals surface area contributed by atoms with Crippen LogP contribution in [0.2, 0.25) is 0 Å². The van der Waals surface area contributed by atoms with E-state index in [0.717, 1.165) is 31.9 Å². The largest absolute Gasteiger partial charge is 0.497 e. The molecular weight excluding hydrogens is 590 g/mol. The molecule has 6 rings (SSSR count). The molecule has 0 atom stereocenters. The minimum absolute atomic E-state index is 0.0361. The van der Waals surface area contributed by atoms with E-state index in [1.807, 2.05) is 12.1 Å². The van der Waals surface area contributed by atoms with Gasteiger partial charge in [0, 0.05) is 77.9 Å². The van der Waals surface area contributed by atoms with Gasteiger partial charge in [0.1, 0.15) is 5.75 Å². The number of methoxy groups -OCH3 is 1. The molecule has 2 aliphatic heterocycles. The maximum atomic E-state index is 13.4. The van der Waals surface area contributed by atoms with E-state index < -0.39 is 10.0 Å². The maximum Gasteiger partial charge on any atom is 0.262 e. The fourth-order valence-corrected chi connectivity index (χ4v) is 6.42. The number of benzene rings is 4. The molecule has 0 spiro atoms. The van der Waals surface area contributed by atoms with Gasteiger partial charge in [0.05, 0.1) is 17.6 Å². The first-order chi connectivity index (χ1) is 21.7. The monoisotopic (exact) mass is 623 g/mol. The highest BCUT2D eigenvalue weighted by Crippen LogP contribution is 2.33. The summed E-state index contributed by atoms with van der Waals surface area (Å²) in [6, 6.07) is 25.6. The summed E-state index contributed by atoms with van der Waals surface area (Å²) in [5.74, 6) is -0.176. The van der Waals surface area contributed by atoms with Crippen LogP contribution in [0.3, 0.4) is 0 Å². The number of amides is 1. The Morgan fingerprint density at radius 2 is 1.60 bits per heavy atom. The summed E-state index contributed by atoms with van der Waals surface area (Å²) in [4.78, 5) is 31.0. The lowest BCUT2D eigenvalue weighted by atomic mass is 9.99. The van der Waals surface area contributed by atoms with E-state index in [2.05, 4.69) is 44.3 Å². The van der Waals surface area contributed by atoms with Gasteiger partial charge in [0.25, 0.3) is 15.9 Å². The minimum atomic E-state index is -3.91. The van der Waals surface area contributed by atoms with Crippen LogP contribution in [0.5, 0.6) is 5.75 Å². The Morgan fingerprint density at radius 1 is 0.867 bits per heavy atom. The third-order valence-corrected chi connectivity index (χ3v) is 9.29. The van der Waals surface area contributed by atoms with Gasteiger partial charge in [0.15, 0.2) is 5.78 Å². The summed E-state index contributed by atoms with van der Waals surface area (Å²) in [5, 5.41) is 6.07. The number of ether oxygens (including phenoxy) is 1. The zero-order valence-corrected chi connectivity index (χ0v) is 25.7. The van der Waals surface area contributed by atoms with Gasteiger partial charge in [-0.1, -0.05) is 30.3 Å². The van der Waals surface area contributed by atoms with Crippen LogP contribution in [0, 0.1) is 0 Å². The van der Waals surface area contributed by atoms with Crippen LogP contribution in [0.1, 0.15) is 21.5 Å². The topological polar surface area (TPSA) is 120 Å². The van der Waals surface area contributed by atoms with Gasteiger partial charge in [-0.05, 0) is 61.6 Å². The summed E-state index contributed by atoms with van der Waals surface area (Å²) in [7, 11) is -0.321. The minimum Gasteiger partial charge on any atom is -0.497 e. The molecule has 230 valence electrons. The first-order valence-corrected chi connectivity index (χ1v) is 16.0. The summed E-state index contributed by atoms with van der Waals surface area (Å²) < 4.78 is 33.5. The summed E-state index contributed by atoms with van der Waals surface area (Å²) >= 11 is 0. The number of likely N-dealkylation sites (N-methyl/N-ethyl adjacent to an activating group) is 1. The second kappa shape index (κ2) is 12.5. The highest BCUT2D eigenvalue weighted by Gasteiger charge is 2.26. The second-order valence-corrected chi connectivity index (χ2v) is 12.6. The number of piperazine rings is 1. The first-order valence-electron chi connectivity index (χ1n) is 14.5. The van der Waals surface area contributed by atoms with Crippen molar-refractivity contribution in [3.05, 3.63) is 114 Å². The molecule has 4 aromatic rings. The van der Waals surface area contributed by atoms with Crippen molar-refractivity contribution in [3.8, 4) is 5.75 Å². The van der Waals surface area contributed by atoms with Gasteiger partial charge >= 0.3 is 0 Å². The molecule has 2 heterocycles. The third kappa shape index (κ3) is 6.54. The van der Waals surface area contributed by atoms with E-state index in [1.54, 1.807) is 54.7 Å². The fraction of sp³-hybridized carbons (Fsp3) is 0.176. The number of nitrogens with zero attached hydrogens (tertiary/aromatic N) is 2. The van der Waals surface area contributed by atoms with E-state index in [4.69, 9.17) is 4.74 Å². The molecule has 1 saturated heterocycles. The van der Waals surface area contributed by atoms with E-state index in [-0.39, 0.29) is 22.3 Å². The third-order valence-electron chi connectivity index (χ3n) is 7.91. The zero-order valence-electron chi connectivity index (χ0n) is 24.9. The normalized spacial score (nSPS) is 15.8. The van der Waals surface area contributed by atoms with Crippen molar-refractivity contribution in [2.45, 2.75) is 4.90 Å². The number of carbonyl (C=O) groups excluding carboxylic acids is 2. The van der Waals surface area contributed by atoms with E-state index in [9.17, 15) is 18.0 Å². The molecule has 1 amide bonds. The number of hydrogen-bond acceptors (Lipinski definition) is 8. The van der Waals surface area contributed by atoms with Gasteiger partial charge in [-0.25, -0.2) is 8.42 Å². The van der Waals surface area contributed by atoms with Gasteiger partial charge in [-0.2, -0.15) is 0 Å².